The zero-order valence-corrected chi connectivity index (χ0v) is 18.4. The molecular weight excluding hydrogens is 386 g/mol. The number of hydrogen-bond acceptors (Lipinski definition) is 4. The lowest BCUT2D eigenvalue weighted by Crippen LogP contribution is -2.57. The second kappa shape index (κ2) is 7.27. The summed E-state index contributed by atoms with van der Waals surface area (Å²) in [7, 11) is 4.22. The van der Waals surface area contributed by atoms with E-state index in [4.69, 9.17) is 0 Å². The van der Waals surface area contributed by atoms with Crippen molar-refractivity contribution in [1.82, 2.24) is 10.2 Å². The number of nitrogens with zero attached hydrogens (tertiary/aromatic N) is 2. The van der Waals surface area contributed by atoms with Crippen LogP contribution in [0.1, 0.15) is 34.3 Å². The van der Waals surface area contributed by atoms with Crippen LogP contribution < -0.4 is 10.2 Å². The largest absolute Gasteiger partial charge is 0.507 e. The molecule has 1 saturated carbocycles. The lowest BCUT2D eigenvalue weighted by Gasteiger charge is -2.44. The van der Waals surface area contributed by atoms with E-state index in [2.05, 4.69) is 35.3 Å². The van der Waals surface area contributed by atoms with Gasteiger partial charge in [0.1, 0.15) is 5.75 Å². The van der Waals surface area contributed by atoms with Crippen molar-refractivity contribution >= 4 is 22.4 Å². The topological polar surface area (TPSA) is 55.8 Å². The number of rotatable bonds is 5. The number of nitrogens with one attached hydrogen (secondary N) is 1. The molecular formula is C26H29N3O2. The molecule has 1 saturated heterocycles. The summed E-state index contributed by atoms with van der Waals surface area (Å²) in [4.78, 5) is 17.9. The second-order valence-electron chi connectivity index (χ2n) is 9.24. The van der Waals surface area contributed by atoms with E-state index in [1.165, 1.54) is 0 Å². The summed E-state index contributed by atoms with van der Waals surface area (Å²) >= 11 is 0. The molecule has 3 aromatic rings. The molecule has 5 heteroatoms. The summed E-state index contributed by atoms with van der Waals surface area (Å²) in [5.74, 6) is 0.245. The first-order chi connectivity index (χ1) is 14.9. The second-order valence-corrected chi connectivity index (χ2v) is 9.24. The highest BCUT2D eigenvalue weighted by Crippen LogP contribution is 2.49. The number of phenolic OH excluding ortho intramolecular Hbond substituents is 1. The number of phenols is 1. The van der Waals surface area contributed by atoms with Gasteiger partial charge in [0.05, 0.1) is 5.54 Å². The van der Waals surface area contributed by atoms with Crippen LogP contribution in [0.3, 0.4) is 0 Å². The Morgan fingerprint density at radius 2 is 1.77 bits per heavy atom. The molecule has 5 rings (SSSR count). The number of hydrogen-bond donors (Lipinski definition) is 2. The van der Waals surface area contributed by atoms with Gasteiger partial charge in [-0.3, -0.25) is 4.79 Å². The maximum Gasteiger partial charge on any atom is 0.252 e. The fraction of sp³-hybridized carbons (Fsp3) is 0.346. The van der Waals surface area contributed by atoms with Crippen LogP contribution in [0.25, 0.3) is 10.8 Å². The van der Waals surface area contributed by atoms with Crippen molar-refractivity contribution in [3.05, 3.63) is 71.3 Å². The van der Waals surface area contributed by atoms with Crippen LogP contribution in [-0.4, -0.2) is 49.1 Å². The van der Waals surface area contributed by atoms with Gasteiger partial charge in [-0.25, -0.2) is 0 Å². The Morgan fingerprint density at radius 3 is 2.45 bits per heavy atom. The summed E-state index contributed by atoms with van der Waals surface area (Å²) in [5, 5.41) is 15.4. The van der Waals surface area contributed by atoms with Gasteiger partial charge < -0.3 is 20.2 Å². The van der Waals surface area contributed by atoms with Crippen LogP contribution in [0.4, 0.5) is 5.69 Å². The summed E-state index contributed by atoms with van der Waals surface area (Å²) in [6.45, 7) is 3.97. The van der Waals surface area contributed by atoms with Crippen LogP contribution in [0.15, 0.2) is 54.6 Å². The van der Waals surface area contributed by atoms with Gasteiger partial charge >= 0.3 is 0 Å². The lowest BCUT2D eigenvalue weighted by atomic mass is 9.95. The third kappa shape index (κ3) is 3.43. The van der Waals surface area contributed by atoms with Crippen molar-refractivity contribution in [2.45, 2.75) is 31.3 Å². The van der Waals surface area contributed by atoms with E-state index < -0.39 is 0 Å². The molecule has 2 N–H and O–H groups in total. The highest BCUT2D eigenvalue weighted by atomic mass is 16.3. The summed E-state index contributed by atoms with van der Waals surface area (Å²) in [6.07, 6.45) is 1.81. The molecule has 1 amide bonds. The van der Waals surface area contributed by atoms with Gasteiger partial charge in [-0.1, -0.05) is 36.4 Å². The molecule has 0 unspecified atom stereocenters. The summed E-state index contributed by atoms with van der Waals surface area (Å²) in [5.41, 5.74) is 3.55. The van der Waals surface area contributed by atoms with Gasteiger partial charge in [0.25, 0.3) is 5.91 Å². The van der Waals surface area contributed by atoms with Gasteiger partial charge in [0.15, 0.2) is 0 Å². The van der Waals surface area contributed by atoms with Crippen LogP contribution in [0, 0.1) is 6.92 Å². The molecule has 0 spiro atoms. The third-order valence-electron chi connectivity index (χ3n) is 6.94. The van der Waals surface area contributed by atoms with E-state index in [0.717, 1.165) is 59.1 Å². The minimum absolute atomic E-state index is 0.0290. The Bertz CT molecular complexity index is 1160. The zero-order valence-electron chi connectivity index (χ0n) is 18.4. The predicted molar refractivity (Wildman–Crippen MR) is 125 cm³/mol. The van der Waals surface area contributed by atoms with E-state index in [1.807, 2.05) is 49.4 Å². The normalized spacial score (nSPS) is 17.6. The summed E-state index contributed by atoms with van der Waals surface area (Å²) < 4.78 is 0. The maximum absolute atomic E-state index is 13.4. The molecule has 160 valence electrons. The Hall–Kier alpha value is -3.05. The number of likely N-dealkylation sites (N-methyl/N-ethyl adjacent to an activating group) is 1. The molecule has 0 radical (unpaired) electrons. The number of benzene rings is 3. The van der Waals surface area contributed by atoms with Crippen molar-refractivity contribution in [1.29, 1.82) is 0 Å². The number of anilines is 1. The Morgan fingerprint density at radius 1 is 1.06 bits per heavy atom. The zero-order chi connectivity index (χ0) is 21.8. The Labute approximate surface area is 183 Å². The maximum atomic E-state index is 13.4. The number of fused-ring (bicyclic) bond motifs is 1. The number of carbonyl (C=O) groups is 1. The van der Waals surface area contributed by atoms with Crippen LogP contribution in [0.2, 0.25) is 0 Å². The summed E-state index contributed by atoms with van der Waals surface area (Å²) in [6, 6.07) is 18.3. The van der Waals surface area contributed by atoms with E-state index >= 15 is 0 Å². The number of carbonyl (C=O) groups excluding carboxylic acids is 1. The number of aromatic hydroxyl groups is 1. The predicted octanol–water partition coefficient (Wildman–Crippen LogP) is 4.02. The van der Waals surface area contributed by atoms with E-state index in [-0.39, 0.29) is 17.2 Å². The third-order valence-corrected chi connectivity index (χ3v) is 6.94. The van der Waals surface area contributed by atoms with Gasteiger partial charge in [0, 0.05) is 35.8 Å². The van der Waals surface area contributed by atoms with Crippen molar-refractivity contribution in [2.24, 2.45) is 0 Å². The molecule has 2 aliphatic rings. The smallest absolute Gasteiger partial charge is 0.252 e. The minimum Gasteiger partial charge on any atom is -0.507 e. The first-order valence-corrected chi connectivity index (χ1v) is 10.9. The molecule has 5 nitrogen and oxygen atoms in total. The quantitative estimate of drug-likeness (QED) is 0.661. The van der Waals surface area contributed by atoms with Gasteiger partial charge in [-0.15, -0.1) is 0 Å². The minimum atomic E-state index is -0.362. The number of aryl methyl sites for hydroxylation is 1. The van der Waals surface area contributed by atoms with Crippen LogP contribution >= 0.6 is 0 Å². The molecule has 0 bridgehead atoms. The van der Waals surface area contributed by atoms with Crippen molar-refractivity contribution in [3.63, 3.8) is 0 Å². The Balaban J connectivity index is 1.41. The molecule has 2 fully saturated rings. The fourth-order valence-electron chi connectivity index (χ4n) is 4.62. The van der Waals surface area contributed by atoms with Gasteiger partial charge in [-0.2, -0.15) is 0 Å². The van der Waals surface area contributed by atoms with E-state index in [9.17, 15) is 9.90 Å². The number of amides is 1. The first-order valence-electron chi connectivity index (χ1n) is 10.9. The molecule has 0 atom stereocenters. The highest BCUT2D eigenvalue weighted by Gasteiger charge is 2.47. The Kier molecular flexibility index (Phi) is 4.67. The molecule has 1 heterocycles. The van der Waals surface area contributed by atoms with E-state index in [1.54, 1.807) is 6.07 Å². The molecule has 1 aliphatic heterocycles. The first kappa shape index (κ1) is 19.9. The molecule has 3 aromatic carbocycles. The average Bonchev–Trinajstić information content (AvgIpc) is 3.48. The van der Waals surface area contributed by atoms with Crippen molar-refractivity contribution in [3.8, 4) is 5.75 Å². The average molecular weight is 416 g/mol. The van der Waals surface area contributed by atoms with Gasteiger partial charge in [0.2, 0.25) is 0 Å². The van der Waals surface area contributed by atoms with Crippen molar-refractivity contribution < 1.29 is 9.90 Å². The standard InChI is InChI=1S/C26H29N3O2/c1-17-8-9-18(29-15-19(16-29)28(2)3)14-22(17)25(31)27-26(12-13-26)23-10-11-24(30)21-7-5-4-6-20(21)23/h4-11,14,19,30H,12-13,15-16H2,1-3H3,(H,27,31). The van der Waals surface area contributed by atoms with Crippen LogP contribution in [0.5, 0.6) is 5.75 Å². The van der Waals surface area contributed by atoms with E-state index in [0.29, 0.717) is 6.04 Å². The van der Waals surface area contributed by atoms with Crippen LogP contribution in [-0.2, 0) is 5.54 Å². The highest BCUT2D eigenvalue weighted by molar-refractivity contribution is 5.98. The monoisotopic (exact) mass is 415 g/mol. The lowest BCUT2D eigenvalue weighted by molar-refractivity contribution is 0.0930. The van der Waals surface area contributed by atoms with Gasteiger partial charge in [-0.05, 0) is 68.6 Å². The molecule has 31 heavy (non-hydrogen) atoms. The molecule has 0 aromatic heterocycles. The fourth-order valence-corrected chi connectivity index (χ4v) is 4.62. The molecule has 1 aliphatic carbocycles. The SMILES string of the molecule is Cc1ccc(N2CC(N(C)C)C2)cc1C(=O)NC1(c2ccc(O)c3ccccc23)CC1. The van der Waals surface area contributed by atoms with Crippen molar-refractivity contribution in [2.75, 3.05) is 32.1 Å².